The molecule has 0 amide bonds. The number of hydrogen-bond donors (Lipinski definition) is 2. The smallest absolute Gasteiger partial charge is 0.457 e. The highest BCUT2D eigenvalue weighted by atomic mass is 31.2. The Balaban J connectivity index is 4.32. The third kappa shape index (κ3) is 31.4. The van der Waals surface area contributed by atoms with Crippen molar-refractivity contribution in [2.24, 2.45) is 5.73 Å². The van der Waals surface area contributed by atoms with Crippen molar-refractivity contribution in [3.05, 3.63) is 60.8 Å². The Kier molecular flexibility index (Phi) is 30.3. The van der Waals surface area contributed by atoms with E-state index >= 15 is 0 Å². The molecule has 0 aromatic heterocycles. The van der Waals surface area contributed by atoms with E-state index in [1.54, 1.807) is 0 Å². The summed E-state index contributed by atoms with van der Waals surface area (Å²) in [6, 6.07) is 0. The zero-order valence-electron chi connectivity index (χ0n) is 26.9. The molecule has 0 aliphatic rings. The summed E-state index contributed by atoms with van der Waals surface area (Å²) in [6.07, 6.45) is 35.4. The Bertz CT molecular complexity index is 839. The van der Waals surface area contributed by atoms with Crippen molar-refractivity contribution in [2.75, 3.05) is 33.0 Å². The molecule has 0 spiro atoms. The van der Waals surface area contributed by atoms with E-state index in [0.29, 0.717) is 13.0 Å². The van der Waals surface area contributed by atoms with E-state index in [0.717, 1.165) is 51.4 Å². The zero-order valence-corrected chi connectivity index (χ0v) is 27.8. The first-order valence-corrected chi connectivity index (χ1v) is 17.8. The number of carbonyl (C=O) groups excluding carboxylic acids is 1. The predicted molar refractivity (Wildman–Crippen MR) is 178 cm³/mol. The number of ether oxygens (including phenoxy) is 2. The first-order chi connectivity index (χ1) is 20.9. The number of phosphoric ester groups is 1. The van der Waals surface area contributed by atoms with Crippen LogP contribution in [0.15, 0.2) is 60.8 Å². The molecule has 9 heteroatoms. The molecule has 8 nitrogen and oxygen atoms in total. The largest absolute Gasteiger partial charge is 0.472 e. The van der Waals surface area contributed by atoms with Crippen molar-refractivity contribution in [3.8, 4) is 0 Å². The Labute approximate surface area is 262 Å². The number of phosphoric acid groups is 1. The summed E-state index contributed by atoms with van der Waals surface area (Å²) in [4.78, 5) is 22.2. The normalized spacial score (nSPS) is 14.6. The number of carbonyl (C=O) groups is 1. The highest BCUT2D eigenvalue weighted by Gasteiger charge is 2.25. The predicted octanol–water partition coefficient (Wildman–Crippen LogP) is 8.68. The SMILES string of the molecule is CC/C=C\C/C=C\C/C=C\C/C=C\CCC(=O)OC(COCCCCCCCC/C=C\CCC)COP(=O)(O)OCCN. The molecule has 0 saturated carbocycles. The molecular formula is C34H60NO7P. The van der Waals surface area contributed by atoms with Crippen LogP contribution in [-0.2, 0) is 27.9 Å². The molecule has 0 fully saturated rings. The topological polar surface area (TPSA) is 117 Å². The molecule has 0 bridgehead atoms. The van der Waals surface area contributed by atoms with Crippen LogP contribution in [0.5, 0.6) is 0 Å². The average Bonchev–Trinajstić information content (AvgIpc) is 2.99. The van der Waals surface area contributed by atoms with Crippen LogP contribution in [0.4, 0.5) is 0 Å². The molecule has 0 rings (SSSR count). The number of esters is 1. The second-order valence-electron chi connectivity index (χ2n) is 10.3. The van der Waals surface area contributed by atoms with Gasteiger partial charge in [-0.15, -0.1) is 0 Å². The lowest BCUT2D eigenvalue weighted by Crippen LogP contribution is -2.28. The maximum Gasteiger partial charge on any atom is 0.472 e. The third-order valence-electron chi connectivity index (χ3n) is 6.16. The second-order valence-corrected chi connectivity index (χ2v) is 11.7. The first kappa shape index (κ1) is 41.2. The molecule has 0 aliphatic carbocycles. The summed E-state index contributed by atoms with van der Waals surface area (Å²) in [7, 11) is -4.28. The highest BCUT2D eigenvalue weighted by Crippen LogP contribution is 2.43. The van der Waals surface area contributed by atoms with E-state index in [1.807, 2.05) is 12.2 Å². The van der Waals surface area contributed by atoms with Crippen molar-refractivity contribution < 1.29 is 32.8 Å². The van der Waals surface area contributed by atoms with Crippen LogP contribution in [0.2, 0.25) is 0 Å². The van der Waals surface area contributed by atoms with Gasteiger partial charge in [-0.3, -0.25) is 13.8 Å². The van der Waals surface area contributed by atoms with E-state index in [9.17, 15) is 14.3 Å². The fourth-order valence-corrected chi connectivity index (χ4v) is 4.60. The van der Waals surface area contributed by atoms with Crippen LogP contribution >= 0.6 is 7.82 Å². The minimum Gasteiger partial charge on any atom is -0.457 e. The molecule has 0 heterocycles. The zero-order chi connectivity index (χ0) is 31.7. The number of nitrogens with two attached hydrogens (primary N) is 1. The van der Waals surface area contributed by atoms with Crippen LogP contribution in [-0.4, -0.2) is 49.9 Å². The first-order valence-electron chi connectivity index (χ1n) is 16.3. The minimum absolute atomic E-state index is 0.0801. The highest BCUT2D eigenvalue weighted by molar-refractivity contribution is 7.47. The number of rotatable bonds is 30. The van der Waals surface area contributed by atoms with Crippen LogP contribution in [0.1, 0.15) is 110 Å². The molecule has 3 N–H and O–H groups in total. The Morgan fingerprint density at radius 2 is 1.30 bits per heavy atom. The van der Waals surface area contributed by atoms with Crippen molar-refractivity contribution in [3.63, 3.8) is 0 Å². The number of hydrogen-bond acceptors (Lipinski definition) is 7. The van der Waals surface area contributed by atoms with Crippen molar-refractivity contribution in [1.29, 1.82) is 0 Å². The molecule has 0 aromatic rings. The van der Waals surface area contributed by atoms with Gasteiger partial charge in [-0.05, 0) is 57.8 Å². The van der Waals surface area contributed by atoms with Gasteiger partial charge in [-0.25, -0.2) is 4.57 Å². The van der Waals surface area contributed by atoms with Gasteiger partial charge >= 0.3 is 13.8 Å². The Hall–Kier alpha value is -1.80. The Morgan fingerprint density at radius 3 is 1.95 bits per heavy atom. The van der Waals surface area contributed by atoms with Gasteiger partial charge in [-0.1, -0.05) is 107 Å². The summed E-state index contributed by atoms with van der Waals surface area (Å²) < 4.78 is 33.0. The standard InChI is InChI=1S/C34H60NO7P/c1-3-5-7-9-11-13-15-16-17-19-21-23-25-27-34(36)42-33(32-41-43(37,38)40-30-28-35)31-39-29-26-24-22-20-18-14-12-10-8-6-4-2/h5,7-8,10-11,13,16-17,21,23,33H,3-4,6,9,12,14-15,18-20,22,24-32,35H2,1-2H3,(H,37,38)/b7-5-,10-8-,13-11-,17-16-,23-21-. The maximum absolute atomic E-state index is 12.4. The van der Waals surface area contributed by atoms with Gasteiger partial charge in [0.05, 0.1) is 19.8 Å². The van der Waals surface area contributed by atoms with E-state index in [2.05, 4.69) is 62.5 Å². The Morgan fingerprint density at radius 1 is 0.721 bits per heavy atom. The monoisotopic (exact) mass is 625 g/mol. The summed E-state index contributed by atoms with van der Waals surface area (Å²) in [6.45, 7) is 4.59. The van der Waals surface area contributed by atoms with Gasteiger partial charge < -0.3 is 20.1 Å². The van der Waals surface area contributed by atoms with Gasteiger partial charge in [0.2, 0.25) is 0 Å². The molecule has 0 saturated heterocycles. The summed E-state index contributed by atoms with van der Waals surface area (Å²) in [5.74, 6) is -0.417. The van der Waals surface area contributed by atoms with Crippen molar-refractivity contribution in [2.45, 2.75) is 116 Å². The molecule has 43 heavy (non-hydrogen) atoms. The van der Waals surface area contributed by atoms with Crippen LogP contribution in [0, 0.1) is 0 Å². The van der Waals surface area contributed by atoms with Crippen molar-refractivity contribution >= 4 is 13.8 Å². The maximum atomic E-state index is 12.4. The van der Waals surface area contributed by atoms with Gasteiger partial charge in [0, 0.05) is 19.6 Å². The quantitative estimate of drug-likeness (QED) is 0.0352. The van der Waals surface area contributed by atoms with E-state index in [-0.39, 0.29) is 32.8 Å². The molecule has 248 valence electrons. The van der Waals surface area contributed by atoms with E-state index in [1.165, 1.54) is 32.1 Å². The molecule has 2 atom stereocenters. The van der Waals surface area contributed by atoms with Gasteiger partial charge in [0.25, 0.3) is 0 Å². The lowest BCUT2D eigenvalue weighted by atomic mass is 10.1. The average molecular weight is 626 g/mol. The summed E-state index contributed by atoms with van der Waals surface area (Å²) in [5.41, 5.74) is 5.32. The fraction of sp³-hybridized carbons (Fsp3) is 0.676. The van der Waals surface area contributed by atoms with E-state index in [4.69, 9.17) is 24.3 Å². The fourth-order valence-electron chi connectivity index (χ4n) is 3.83. The number of allylic oxidation sites excluding steroid dienone is 10. The van der Waals surface area contributed by atoms with Crippen LogP contribution < -0.4 is 5.73 Å². The van der Waals surface area contributed by atoms with Crippen LogP contribution in [0.3, 0.4) is 0 Å². The van der Waals surface area contributed by atoms with E-state index < -0.39 is 19.9 Å². The summed E-state index contributed by atoms with van der Waals surface area (Å²) in [5, 5.41) is 0. The second kappa shape index (κ2) is 31.6. The summed E-state index contributed by atoms with van der Waals surface area (Å²) >= 11 is 0. The number of unbranched alkanes of at least 4 members (excludes halogenated alkanes) is 7. The molecule has 0 aliphatic heterocycles. The third-order valence-corrected chi connectivity index (χ3v) is 7.15. The van der Waals surface area contributed by atoms with Gasteiger partial charge in [0.15, 0.2) is 0 Å². The molecule has 0 aromatic carbocycles. The molecule has 0 radical (unpaired) electrons. The molecular weight excluding hydrogens is 565 g/mol. The lowest BCUT2D eigenvalue weighted by molar-refractivity contribution is -0.154. The van der Waals surface area contributed by atoms with Gasteiger partial charge in [-0.2, -0.15) is 0 Å². The van der Waals surface area contributed by atoms with Crippen molar-refractivity contribution in [1.82, 2.24) is 0 Å². The molecule has 2 unspecified atom stereocenters. The van der Waals surface area contributed by atoms with Crippen LogP contribution in [0.25, 0.3) is 0 Å². The minimum atomic E-state index is -4.28. The van der Waals surface area contributed by atoms with Gasteiger partial charge in [0.1, 0.15) is 6.10 Å². The lowest BCUT2D eigenvalue weighted by Gasteiger charge is -2.19.